The van der Waals surface area contributed by atoms with Gasteiger partial charge >= 0.3 is 0 Å². The van der Waals surface area contributed by atoms with Crippen LogP contribution in [0, 0.1) is 5.82 Å². The lowest BCUT2D eigenvalue weighted by molar-refractivity contribution is 0.0612. The Morgan fingerprint density at radius 3 is 2.79 bits per heavy atom. The Balaban J connectivity index is 1.55. The number of aromatic nitrogens is 2. The minimum Gasteiger partial charge on any atom is -0.493 e. The number of ether oxygens (including phenoxy) is 1. The second-order valence-corrected chi connectivity index (χ2v) is 7.20. The molecular formula is C22H23FN4O2. The van der Waals surface area contributed by atoms with Gasteiger partial charge in [-0.1, -0.05) is 18.2 Å². The molecule has 0 unspecified atom stereocenters. The van der Waals surface area contributed by atoms with Gasteiger partial charge in [0.25, 0.3) is 5.91 Å². The van der Waals surface area contributed by atoms with Gasteiger partial charge in [0.2, 0.25) is 0 Å². The lowest BCUT2D eigenvalue weighted by Gasteiger charge is -2.40. The second-order valence-electron chi connectivity index (χ2n) is 7.20. The van der Waals surface area contributed by atoms with Gasteiger partial charge in [0.1, 0.15) is 5.82 Å². The molecule has 1 aromatic heterocycles. The number of carbonyl (C=O) groups is 1. The Morgan fingerprint density at radius 2 is 2.00 bits per heavy atom. The van der Waals surface area contributed by atoms with Crippen molar-refractivity contribution in [1.29, 1.82) is 0 Å². The number of para-hydroxylation sites is 3. The van der Waals surface area contributed by atoms with E-state index in [1.807, 2.05) is 31.2 Å². The molecule has 7 heteroatoms. The lowest BCUT2D eigenvalue weighted by atomic mass is 9.96. The smallest absolute Gasteiger partial charge is 0.258 e. The summed E-state index contributed by atoms with van der Waals surface area (Å²) in [6, 6.07) is 12.0. The van der Waals surface area contributed by atoms with Gasteiger partial charge in [0.15, 0.2) is 11.6 Å². The third kappa shape index (κ3) is 3.72. The molecule has 1 aliphatic heterocycles. The molecule has 1 aliphatic rings. The summed E-state index contributed by atoms with van der Waals surface area (Å²) in [6.45, 7) is 2.61. The summed E-state index contributed by atoms with van der Waals surface area (Å²) in [5.74, 6) is -0.104. The van der Waals surface area contributed by atoms with Crippen molar-refractivity contribution < 1.29 is 13.9 Å². The average Bonchev–Trinajstić information content (AvgIpc) is 2.74. The number of benzene rings is 2. The summed E-state index contributed by atoms with van der Waals surface area (Å²) >= 11 is 0. The fourth-order valence-electron chi connectivity index (χ4n) is 3.88. The van der Waals surface area contributed by atoms with Gasteiger partial charge in [-0.2, -0.15) is 0 Å². The number of hydrogen-bond acceptors (Lipinski definition) is 5. The quantitative estimate of drug-likeness (QED) is 0.727. The summed E-state index contributed by atoms with van der Waals surface area (Å²) in [5, 5.41) is 3.43. The molecule has 1 fully saturated rings. The van der Waals surface area contributed by atoms with Crippen LogP contribution in [0.25, 0.3) is 11.0 Å². The highest BCUT2D eigenvalue weighted by molar-refractivity contribution is 5.97. The number of methoxy groups -OCH3 is 1. The van der Waals surface area contributed by atoms with Crippen LogP contribution in [0.15, 0.2) is 48.7 Å². The molecule has 0 spiro atoms. The molecule has 0 bridgehead atoms. The Hall–Kier alpha value is -3.22. The predicted octanol–water partition coefficient (Wildman–Crippen LogP) is 3.88. The minimum absolute atomic E-state index is 0.0137. The number of likely N-dealkylation sites (tertiary alicyclic amines) is 1. The monoisotopic (exact) mass is 394 g/mol. The molecule has 2 aromatic carbocycles. The molecule has 2 atom stereocenters. The molecule has 0 aliphatic carbocycles. The van der Waals surface area contributed by atoms with Gasteiger partial charge in [-0.05, 0) is 44.0 Å². The standard InChI is InChI=1S/C22H23FN4O2/c1-14-17(25-20-13-24-18-9-3-4-10-19(18)26-20)11-6-12-27(14)22(28)15-7-5-8-16(23)21(15)29-2/h3-5,7-10,13-14,17H,6,11-12H2,1-2H3,(H,25,26)/t14-,17+/m1/s1. The first-order chi connectivity index (χ1) is 14.1. The first kappa shape index (κ1) is 19.1. The molecule has 0 saturated carbocycles. The number of nitrogens with zero attached hydrogens (tertiary/aromatic N) is 3. The van der Waals surface area contributed by atoms with E-state index in [0.29, 0.717) is 12.4 Å². The topological polar surface area (TPSA) is 67.3 Å². The molecule has 3 aromatic rings. The van der Waals surface area contributed by atoms with Crippen molar-refractivity contribution in [2.75, 3.05) is 19.0 Å². The maximum absolute atomic E-state index is 14.0. The number of fused-ring (bicyclic) bond motifs is 1. The Kier molecular flexibility index (Phi) is 5.29. The van der Waals surface area contributed by atoms with Crippen LogP contribution in [0.2, 0.25) is 0 Å². The molecule has 6 nitrogen and oxygen atoms in total. The summed E-state index contributed by atoms with van der Waals surface area (Å²) in [6.07, 6.45) is 3.46. The highest BCUT2D eigenvalue weighted by atomic mass is 19.1. The number of amides is 1. The maximum Gasteiger partial charge on any atom is 0.258 e. The summed E-state index contributed by atoms with van der Waals surface area (Å²) in [4.78, 5) is 24.0. The van der Waals surface area contributed by atoms with E-state index < -0.39 is 5.82 Å². The van der Waals surface area contributed by atoms with Crippen LogP contribution in [0.4, 0.5) is 10.2 Å². The summed E-state index contributed by atoms with van der Waals surface area (Å²) in [7, 11) is 1.37. The average molecular weight is 394 g/mol. The number of carbonyl (C=O) groups excluding carboxylic acids is 1. The Labute approximate surface area is 168 Å². The Morgan fingerprint density at radius 1 is 1.21 bits per heavy atom. The molecule has 29 heavy (non-hydrogen) atoms. The van der Waals surface area contributed by atoms with Crippen molar-refractivity contribution in [3.05, 3.63) is 60.0 Å². The van der Waals surface area contributed by atoms with Crippen LogP contribution in [0.5, 0.6) is 5.75 Å². The number of rotatable bonds is 4. The lowest BCUT2D eigenvalue weighted by Crippen LogP contribution is -2.52. The van der Waals surface area contributed by atoms with Crippen molar-refractivity contribution in [3.8, 4) is 5.75 Å². The van der Waals surface area contributed by atoms with Crippen molar-refractivity contribution in [1.82, 2.24) is 14.9 Å². The maximum atomic E-state index is 14.0. The molecule has 2 heterocycles. The molecule has 150 valence electrons. The van der Waals surface area contributed by atoms with Gasteiger partial charge in [0, 0.05) is 18.6 Å². The zero-order chi connectivity index (χ0) is 20.4. The Bertz CT molecular complexity index is 1040. The van der Waals surface area contributed by atoms with E-state index >= 15 is 0 Å². The molecule has 0 radical (unpaired) electrons. The molecule has 1 N–H and O–H groups in total. The van der Waals surface area contributed by atoms with Crippen LogP contribution < -0.4 is 10.1 Å². The van der Waals surface area contributed by atoms with E-state index in [2.05, 4.69) is 15.3 Å². The van der Waals surface area contributed by atoms with Crippen LogP contribution in [-0.4, -0.2) is 46.5 Å². The normalized spacial score (nSPS) is 19.2. The van der Waals surface area contributed by atoms with E-state index in [9.17, 15) is 9.18 Å². The van der Waals surface area contributed by atoms with Gasteiger partial charge in [-0.15, -0.1) is 0 Å². The molecule has 4 rings (SSSR count). The van der Waals surface area contributed by atoms with Crippen LogP contribution in [0.3, 0.4) is 0 Å². The molecule has 1 amide bonds. The van der Waals surface area contributed by atoms with Crippen LogP contribution >= 0.6 is 0 Å². The molecule has 1 saturated heterocycles. The number of piperidine rings is 1. The van der Waals surface area contributed by atoms with Crippen molar-refractivity contribution in [2.24, 2.45) is 0 Å². The van der Waals surface area contributed by atoms with E-state index in [4.69, 9.17) is 4.74 Å². The minimum atomic E-state index is -0.538. The van der Waals surface area contributed by atoms with Gasteiger partial charge in [-0.3, -0.25) is 9.78 Å². The van der Waals surface area contributed by atoms with Gasteiger partial charge < -0.3 is 15.0 Å². The van der Waals surface area contributed by atoms with E-state index in [0.717, 1.165) is 23.9 Å². The zero-order valence-corrected chi connectivity index (χ0v) is 16.4. The zero-order valence-electron chi connectivity index (χ0n) is 16.4. The first-order valence-electron chi connectivity index (χ1n) is 9.70. The van der Waals surface area contributed by atoms with Crippen molar-refractivity contribution in [2.45, 2.75) is 31.8 Å². The molecular weight excluding hydrogens is 371 g/mol. The van der Waals surface area contributed by atoms with Crippen molar-refractivity contribution >= 4 is 22.8 Å². The fourth-order valence-corrected chi connectivity index (χ4v) is 3.88. The summed E-state index contributed by atoms with van der Waals surface area (Å²) < 4.78 is 19.2. The van der Waals surface area contributed by atoms with Crippen LogP contribution in [-0.2, 0) is 0 Å². The number of halogens is 1. The number of hydrogen-bond donors (Lipinski definition) is 1. The second kappa shape index (κ2) is 8.03. The highest BCUT2D eigenvalue weighted by Gasteiger charge is 2.33. The SMILES string of the molecule is COc1c(F)cccc1C(=O)N1CCC[C@H](Nc2cnc3ccccc3n2)[C@H]1C. The van der Waals surface area contributed by atoms with Gasteiger partial charge in [0.05, 0.1) is 29.9 Å². The third-order valence-corrected chi connectivity index (χ3v) is 5.43. The van der Waals surface area contributed by atoms with E-state index in [1.165, 1.54) is 19.2 Å². The number of anilines is 1. The first-order valence-corrected chi connectivity index (χ1v) is 9.70. The number of nitrogens with one attached hydrogen (secondary N) is 1. The third-order valence-electron chi connectivity index (χ3n) is 5.43. The predicted molar refractivity (Wildman–Crippen MR) is 110 cm³/mol. The summed E-state index contributed by atoms with van der Waals surface area (Å²) in [5.41, 5.74) is 1.90. The van der Waals surface area contributed by atoms with E-state index in [1.54, 1.807) is 17.2 Å². The van der Waals surface area contributed by atoms with Gasteiger partial charge in [-0.25, -0.2) is 9.37 Å². The van der Waals surface area contributed by atoms with Crippen LogP contribution in [0.1, 0.15) is 30.1 Å². The largest absolute Gasteiger partial charge is 0.493 e. The highest BCUT2D eigenvalue weighted by Crippen LogP contribution is 2.28. The van der Waals surface area contributed by atoms with Crippen molar-refractivity contribution in [3.63, 3.8) is 0 Å². The fraction of sp³-hybridized carbons (Fsp3) is 0.318. The van der Waals surface area contributed by atoms with E-state index in [-0.39, 0.29) is 29.3 Å².